The molecule has 0 radical (unpaired) electrons. The molecule has 1 aliphatic rings. The normalized spacial score (nSPS) is 25.5. The molecule has 1 aliphatic carbocycles. The third-order valence-corrected chi connectivity index (χ3v) is 4.80. The van der Waals surface area contributed by atoms with Crippen LogP contribution in [0, 0.1) is 19.8 Å². The summed E-state index contributed by atoms with van der Waals surface area (Å²) in [6, 6.07) is 0.878. The Bertz CT molecular complexity index is 414. The first-order chi connectivity index (χ1) is 9.02. The van der Waals surface area contributed by atoms with Crippen molar-refractivity contribution in [3.8, 4) is 0 Å². The number of nitrogens with zero attached hydrogens (tertiary/aromatic N) is 2. The molecule has 19 heavy (non-hydrogen) atoms. The van der Waals surface area contributed by atoms with Gasteiger partial charge in [-0.25, -0.2) is 0 Å². The second kappa shape index (κ2) is 6.08. The number of hydrogen-bond donors (Lipinski definition) is 1. The Labute approximate surface area is 117 Å². The van der Waals surface area contributed by atoms with Gasteiger partial charge in [0.15, 0.2) is 0 Å². The van der Waals surface area contributed by atoms with Crippen molar-refractivity contribution >= 4 is 0 Å². The predicted octanol–water partition coefficient (Wildman–Crippen LogP) is 3.53. The van der Waals surface area contributed by atoms with Gasteiger partial charge in [0.05, 0.1) is 11.7 Å². The van der Waals surface area contributed by atoms with Gasteiger partial charge in [-0.2, -0.15) is 5.10 Å². The van der Waals surface area contributed by atoms with Crippen molar-refractivity contribution in [3.63, 3.8) is 0 Å². The van der Waals surface area contributed by atoms with Crippen LogP contribution in [0.1, 0.15) is 68.9 Å². The summed E-state index contributed by atoms with van der Waals surface area (Å²) < 4.78 is 2.29. The van der Waals surface area contributed by atoms with E-state index in [2.05, 4.69) is 32.4 Å². The number of nitrogens with two attached hydrogens (primary N) is 1. The molecule has 108 valence electrons. The minimum atomic E-state index is 0.265. The molecule has 1 fully saturated rings. The fourth-order valence-corrected chi connectivity index (χ4v) is 3.24. The van der Waals surface area contributed by atoms with Crippen LogP contribution in [0.15, 0.2) is 0 Å². The standard InChI is InChI=1S/C16H29N3/c1-5-14(17)10-16-12(3)18-19(13(16)4)15-8-6-11(2)7-9-15/h11,14-15H,5-10,17H2,1-4H3. The van der Waals surface area contributed by atoms with Gasteiger partial charge in [0, 0.05) is 11.7 Å². The second-order valence-electron chi connectivity index (χ2n) is 6.38. The third-order valence-electron chi connectivity index (χ3n) is 4.80. The molecular weight excluding hydrogens is 234 g/mol. The van der Waals surface area contributed by atoms with Crippen molar-refractivity contribution in [1.82, 2.24) is 9.78 Å². The van der Waals surface area contributed by atoms with E-state index in [1.165, 1.54) is 42.6 Å². The van der Waals surface area contributed by atoms with Crippen molar-refractivity contribution in [2.45, 2.75) is 78.3 Å². The van der Waals surface area contributed by atoms with E-state index < -0.39 is 0 Å². The molecule has 3 heteroatoms. The largest absolute Gasteiger partial charge is 0.327 e. The maximum atomic E-state index is 6.11. The monoisotopic (exact) mass is 263 g/mol. The maximum Gasteiger partial charge on any atom is 0.0629 e. The van der Waals surface area contributed by atoms with Crippen LogP contribution in [0.25, 0.3) is 0 Å². The first kappa shape index (κ1) is 14.6. The van der Waals surface area contributed by atoms with E-state index in [0.29, 0.717) is 6.04 Å². The number of aromatic nitrogens is 2. The van der Waals surface area contributed by atoms with E-state index in [4.69, 9.17) is 10.8 Å². The van der Waals surface area contributed by atoms with Crippen LogP contribution < -0.4 is 5.73 Å². The van der Waals surface area contributed by atoms with Gasteiger partial charge in [-0.15, -0.1) is 0 Å². The molecule has 1 heterocycles. The molecule has 0 saturated heterocycles. The Hall–Kier alpha value is -0.830. The Balaban J connectivity index is 2.16. The van der Waals surface area contributed by atoms with Crippen LogP contribution in [-0.4, -0.2) is 15.8 Å². The van der Waals surface area contributed by atoms with E-state index in [-0.39, 0.29) is 6.04 Å². The molecule has 1 aromatic heterocycles. The lowest BCUT2D eigenvalue weighted by atomic mass is 9.87. The fraction of sp³-hybridized carbons (Fsp3) is 0.812. The van der Waals surface area contributed by atoms with Gasteiger partial charge < -0.3 is 5.73 Å². The summed E-state index contributed by atoms with van der Waals surface area (Å²) in [6.45, 7) is 8.87. The van der Waals surface area contributed by atoms with Crippen LogP contribution in [0.4, 0.5) is 0 Å². The summed E-state index contributed by atoms with van der Waals surface area (Å²) in [4.78, 5) is 0. The third kappa shape index (κ3) is 3.19. The molecule has 1 unspecified atom stereocenters. The molecule has 0 aliphatic heterocycles. The van der Waals surface area contributed by atoms with Crippen LogP contribution in [-0.2, 0) is 6.42 Å². The zero-order valence-electron chi connectivity index (χ0n) is 12.9. The molecule has 1 aromatic rings. The highest BCUT2D eigenvalue weighted by atomic mass is 15.3. The van der Waals surface area contributed by atoms with Crippen molar-refractivity contribution < 1.29 is 0 Å². The Morgan fingerprint density at radius 1 is 1.26 bits per heavy atom. The van der Waals surface area contributed by atoms with E-state index in [1.807, 2.05) is 0 Å². The molecule has 0 amide bonds. The van der Waals surface area contributed by atoms with Crippen molar-refractivity contribution in [3.05, 3.63) is 17.0 Å². The van der Waals surface area contributed by atoms with Gasteiger partial charge in [0.2, 0.25) is 0 Å². The average Bonchev–Trinajstić information content (AvgIpc) is 2.67. The van der Waals surface area contributed by atoms with Gasteiger partial charge in [0.1, 0.15) is 0 Å². The Kier molecular flexibility index (Phi) is 4.67. The van der Waals surface area contributed by atoms with Gasteiger partial charge in [-0.05, 0) is 63.9 Å². The quantitative estimate of drug-likeness (QED) is 0.903. The minimum absolute atomic E-state index is 0.265. The maximum absolute atomic E-state index is 6.11. The van der Waals surface area contributed by atoms with Crippen LogP contribution in [0.5, 0.6) is 0 Å². The molecule has 2 rings (SSSR count). The molecule has 1 saturated carbocycles. The zero-order chi connectivity index (χ0) is 14.0. The Morgan fingerprint density at radius 3 is 2.47 bits per heavy atom. The SMILES string of the molecule is CCC(N)Cc1c(C)nn(C2CCC(C)CC2)c1C. The van der Waals surface area contributed by atoms with Gasteiger partial charge in [-0.3, -0.25) is 4.68 Å². The summed E-state index contributed by atoms with van der Waals surface area (Å²) in [7, 11) is 0. The van der Waals surface area contributed by atoms with E-state index in [9.17, 15) is 0 Å². The molecule has 0 aromatic carbocycles. The summed E-state index contributed by atoms with van der Waals surface area (Å²) in [5.74, 6) is 0.890. The molecule has 2 N–H and O–H groups in total. The van der Waals surface area contributed by atoms with Gasteiger partial charge in [0.25, 0.3) is 0 Å². The highest BCUT2D eigenvalue weighted by Crippen LogP contribution is 2.33. The lowest BCUT2D eigenvalue weighted by Crippen LogP contribution is -2.22. The Morgan fingerprint density at radius 2 is 1.89 bits per heavy atom. The fourth-order valence-electron chi connectivity index (χ4n) is 3.24. The first-order valence-electron chi connectivity index (χ1n) is 7.83. The van der Waals surface area contributed by atoms with E-state index >= 15 is 0 Å². The summed E-state index contributed by atoms with van der Waals surface area (Å²) >= 11 is 0. The molecule has 0 bridgehead atoms. The molecular formula is C16H29N3. The number of aryl methyl sites for hydroxylation is 1. The van der Waals surface area contributed by atoms with E-state index in [0.717, 1.165) is 18.8 Å². The van der Waals surface area contributed by atoms with E-state index in [1.54, 1.807) is 0 Å². The minimum Gasteiger partial charge on any atom is -0.327 e. The van der Waals surface area contributed by atoms with Crippen LogP contribution >= 0.6 is 0 Å². The van der Waals surface area contributed by atoms with Gasteiger partial charge >= 0.3 is 0 Å². The van der Waals surface area contributed by atoms with Crippen molar-refractivity contribution in [2.75, 3.05) is 0 Å². The molecule has 3 nitrogen and oxygen atoms in total. The lowest BCUT2D eigenvalue weighted by molar-refractivity contribution is 0.270. The predicted molar refractivity (Wildman–Crippen MR) is 80.3 cm³/mol. The summed E-state index contributed by atoms with van der Waals surface area (Å²) in [5.41, 5.74) is 10.0. The lowest BCUT2D eigenvalue weighted by Gasteiger charge is -2.27. The van der Waals surface area contributed by atoms with Crippen LogP contribution in [0.2, 0.25) is 0 Å². The van der Waals surface area contributed by atoms with Crippen LogP contribution in [0.3, 0.4) is 0 Å². The van der Waals surface area contributed by atoms with Gasteiger partial charge in [-0.1, -0.05) is 13.8 Å². The topological polar surface area (TPSA) is 43.8 Å². The first-order valence-corrected chi connectivity index (χ1v) is 7.83. The molecule has 0 spiro atoms. The number of hydrogen-bond acceptors (Lipinski definition) is 2. The number of rotatable bonds is 4. The van der Waals surface area contributed by atoms with Crippen molar-refractivity contribution in [2.24, 2.45) is 11.7 Å². The van der Waals surface area contributed by atoms with Crippen molar-refractivity contribution in [1.29, 1.82) is 0 Å². The highest BCUT2D eigenvalue weighted by Gasteiger charge is 2.23. The average molecular weight is 263 g/mol. The molecule has 1 atom stereocenters. The smallest absolute Gasteiger partial charge is 0.0629 e. The summed E-state index contributed by atoms with van der Waals surface area (Å²) in [5, 5.41) is 4.81. The summed E-state index contributed by atoms with van der Waals surface area (Å²) in [6.07, 6.45) is 7.24. The zero-order valence-corrected chi connectivity index (χ0v) is 12.9. The second-order valence-corrected chi connectivity index (χ2v) is 6.38. The highest BCUT2D eigenvalue weighted by molar-refractivity contribution is 5.26.